The van der Waals surface area contributed by atoms with E-state index in [2.05, 4.69) is 6.92 Å². The van der Waals surface area contributed by atoms with E-state index >= 15 is 0 Å². The Labute approximate surface area is 78.2 Å². The number of hydrogen-bond donors (Lipinski definition) is 0. The summed E-state index contributed by atoms with van der Waals surface area (Å²) >= 11 is 0. The summed E-state index contributed by atoms with van der Waals surface area (Å²) in [7, 11) is 3.20. The lowest BCUT2D eigenvalue weighted by Gasteiger charge is -2.09. The van der Waals surface area contributed by atoms with Gasteiger partial charge in [0.15, 0.2) is 11.5 Å². The van der Waals surface area contributed by atoms with Crippen molar-refractivity contribution in [3.63, 3.8) is 0 Å². The molecular formula is C10H13O3. The summed E-state index contributed by atoms with van der Waals surface area (Å²) < 4.78 is 15.4. The van der Waals surface area contributed by atoms with Gasteiger partial charge in [-0.2, -0.15) is 0 Å². The summed E-state index contributed by atoms with van der Waals surface area (Å²) in [5, 5.41) is 0. The molecule has 3 nitrogen and oxygen atoms in total. The van der Waals surface area contributed by atoms with E-state index in [4.69, 9.17) is 14.2 Å². The number of benzene rings is 1. The predicted octanol–water partition coefficient (Wildman–Crippen LogP) is 1.92. The van der Waals surface area contributed by atoms with E-state index in [0.717, 1.165) is 5.75 Å². The molecule has 0 amide bonds. The van der Waals surface area contributed by atoms with Crippen LogP contribution in [0.3, 0.4) is 0 Å². The molecule has 1 aromatic rings. The first-order valence-electron chi connectivity index (χ1n) is 3.96. The summed E-state index contributed by atoms with van der Waals surface area (Å²) in [5.74, 6) is 2.08. The molecule has 0 spiro atoms. The van der Waals surface area contributed by atoms with Gasteiger partial charge in [0, 0.05) is 6.07 Å². The van der Waals surface area contributed by atoms with Gasteiger partial charge in [-0.15, -0.1) is 0 Å². The van der Waals surface area contributed by atoms with Crippen molar-refractivity contribution in [3.05, 3.63) is 25.1 Å². The second kappa shape index (κ2) is 4.60. The fourth-order valence-electron chi connectivity index (χ4n) is 1.00. The van der Waals surface area contributed by atoms with Gasteiger partial charge in [0.2, 0.25) is 0 Å². The van der Waals surface area contributed by atoms with Crippen molar-refractivity contribution in [1.29, 1.82) is 0 Å². The van der Waals surface area contributed by atoms with Gasteiger partial charge >= 0.3 is 0 Å². The highest BCUT2D eigenvalue weighted by Gasteiger charge is 2.04. The lowest BCUT2D eigenvalue weighted by molar-refractivity contribution is 0.322. The Balaban J connectivity index is 2.93. The molecule has 0 aliphatic carbocycles. The van der Waals surface area contributed by atoms with Crippen molar-refractivity contribution in [3.8, 4) is 17.2 Å². The van der Waals surface area contributed by atoms with Crippen LogP contribution in [0.5, 0.6) is 17.2 Å². The first kappa shape index (κ1) is 9.71. The molecule has 0 atom stereocenters. The minimum atomic E-state index is 0.378. The largest absolute Gasteiger partial charge is 0.497 e. The molecule has 0 saturated carbocycles. The highest BCUT2D eigenvalue weighted by molar-refractivity contribution is 5.45. The molecule has 0 unspecified atom stereocenters. The van der Waals surface area contributed by atoms with Crippen LogP contribution >= 0.6 is 0 Å². The first-order chi connectivity index (χ1) is 6.31. The SMILES string of the molecule is [CH2]COc1ccc(OC)cc1OC. The molecule has 71 valence electrons. The van der Waals surface area contributed by atoms with Gasteiger partial charge in [-0.1, -0.05) is 0 Å². The third-order valence-corrected chi connectivity index (χ3v) is 1.63. The van der Waals surface area contributed by atoms with Crippen LogP contribution < -0.4 is 14.2 Å². The maximum atomic E-state index is 5.24. The van der Waals surface area contributed by atoms with Crippen molar-refractivity contribution >= 4 is 0 Å². The Morgan fingerprint density at radius 1 is 1.15 bits per heavy atom. The van der Waals surface area contributed by atoms with E-state index < -0.39 is 0 Å². The molecule has 0 saturated heterocycles. The zero-order valence-electron chi connectivity index (χ0n) is 7.87. The van der Waals surface area contributed by atoms with Gasteiger partial charge in [0.25, 0.3) is 0 Å². The van der Waals surface area contributed by atoms with Crippen molar-refractivity contribution in [2.24, 2.45) is 0 Å². The van der Waals surface area contributed by atoms with Crippen LogP contribution in [0, 0.1) is 6.92 Å². The first-order valence-corrected chi connectivity index (χ1v) is 3.96. The van der Waals surface area contributed by atoms with E-state index in [-0.39, 0.29) is 0 Å². The minimum absolute atomic E-state index is 0.378. The Kier molecular flexibility index (Phi) is 3.43. The second-order valence-corrected chi connectivity index (χ2v) is 2.37. The molecule has 1 rings (SSSR count). The topological polar surface area (TPSA) is 27.7 Å². The minimum Gasteiger partial charge on any atom is -0.497 e. The second-order valence-electron chi connectivity index (χ2n) is 2.37. The predicted molar refractivity (Wildman–Crippen MR) is 50.4 cm³/mol. The molecule has 0 bridgehead atoms. The van der Waals surface area contributed by atoms with Gasteiger partial charge in [-0.05, 0) is 19.1 Å². The molecule has 0 aromatic heterocycles. The Hall–Kier alpha value is -1.38. The van der Waals surface area contributed by atoms with Crippen LogP contribution in [0.4, 0.5) is 0 Å². The summed E-state index contributed by atoms with van der Waals surface area (Å²) in [5.41, 5.74) is 0. The number of hydrogen-bond acceptors (Lipinski definition) is 3. The molecule has 0 aliphatic rings. The van der Waals surface area contributed by atoms with Gasteiger partial charge in [-0.25, -0.2) is 0 Å². The quantitative estimate of drug-likeness (QED) is 0.710. The third kappa shape index (κ3) is 2.28. The molecular weight excluding hydrogens is 168 g/mol. The standard InChI is InChI=1S/C10H13O3/c1-4-13-9-6-5-8(11-2)7-10(9)12-3/h5-7H,1,4H2,2-3H3. The van der Waals surface area contributed by atoms with E-state index in [1.807, 2.05) is 6.07 Å². The number of ether oxygens (including phenoxy) is 3. The van der Waals surface area contributed by atoms with Gasteiger partial charge in [0.05, 0.1) is 20.8 Å². The maximum Gasteiger partial charge on any atom is 0.164 e. The van der Waals surface area contributed by atoms with Crippen LogP contribution in [0.1, 0.15) is 0 Å². The van der Waals surface area contributed by atoms with Crippen LogP contribution in [-0.4, -0.2) is 20.8 Å². The molecule has 0 heterocycles. The van der Waals surface area contributed by atoms with Gasteiger partial charge < -0.3 is 14.2 Å². The molecule has 13 heavy (non-hydrogen) atoms. The zero-order chi connectivity index (χ0) is 9.68. The zero-order valence-corrected chi connectivity index (χ0v) is 7.87. The monoisotopic (exact) mass is 181 g/mol. The van der Waals surface area contributed by atoms with E-state index in [9.17, 15) is 0 Å². The van der Waals surface area contributed by atoms with E-state index in [1.54, 1.807) is 26.4 Å². The van der Waals surface area contributed by atoms with Crippen molar-refractivity contribution in [1.82, 2.24) is 0 Å². The maximum absolute atomic E-state index is 5.24. The molecule has 0 N–H and O–H groups in total. The average molecular weight is 181 g/mol. The normalized spacial score (nSPS) is 9.46. The highest BCUT2D eigenvalue weighted by atomic mass is 16.5. The van der Waals surface area contributed by atoms with Crippen molar-refractivity contribution < 1.29 is 14.2 Å². The third-order valence-electron chi connectivity index (χ3n) is 1.63. The van der Waals surface area contributed by atoms with Gasteiger partial charge in [-0.3, -0.25) is 0 Å². The summed E-state index contributed by atoms with van der Waals surface area (Å²) in [6.45, 7) is 3.97. The van der Waals surface area contributed by atoms with E-state index in [1.165, 1.54) is 0 Å². The van der Waals surface area contributed by atoms with Crippen molar-refractivity contribution in [2.75, 3.05) is 20.8 Å². The molecule has 1 aromatic carbocycles. The Morgan fingerprint density at radius 3 is 2.46 bits per heavy atom. The Bertz CT molecular complexity index is 271. The highest BCUT2D eigenvalue weighted by Crippen LogP contribution is 2.30. The summed E-state index contributed by atoms with van der Waals surface area (Å²) in [4.78, 5) is 0. The fraction of sp³-hybridized carbons (Fsp3) is 0.300. The molecule has 3 heteroatoms. The van der Waals surface area contributed by atoms with Crippen LogP contribution in [0.2, 0.25) is 0 Å². The smallest absolute Gasteiger partial charge is 0.164 e. The lowest BCUT2D eigenvalue weighted by atomic mass is 10.3. The molecule has 0 fully saturated rings. The van der Waals surface area contributed by atoms with Crippen molar-refractivity contribution in [2.45, 2.75) is 0 Å². The molecule has 0 aliphatic heterocycles. The summed E-state index contributed by atoms with van der Waals surface area (Å²) in [6.07, 6.45) is 0. The van der Waals surface area contributed by atoms with Gasteiger partial charge in [0.1, 0.15) is 5.75 Å². The Morgan fingerprint density at radius 2 is 1.92 bits per heavy atom. The summed E-state index contributed by atoms with van der Waals surface area (Å²) in [6, 6.07) is 5.38. The number of methoxy groups -OCH3 is 2. The van der Waals surface area contributed by atoms with E-state index in [0.29, 0.717) is 18.1 Å². The van der Waals surface area contributed by atoms with Crippen LogP contribution in [0.25, 0.3) is 0 Å². The van der Waals surface area contributed by atoms with Crippen LogP contribution in [0.15, 0.2) is 18.2 Å². The average Bonchev–Trinajstić information content (AvgIpc) is 2.19. The van der Waals surface area contributed by atoms with Crippen LogP contribution in [-0.2, 0) is 0 Å². The fourth-order valence-corrected chi connectivity index (χ4v) is 1.00. The number of rotatable bonds is 4. The molecule has 1 radical (unpaired) electrons. The lowest BCUT2D eigenvalue weighted by Crippen LogP contribution is -1.95.